The lowest BCUT2D eigenvalue weighted by molar-refractivity contribution is -0.128. The molecule has 21 heavy (non-hydrogen) atoms. The Morgan fingerprint density at radius 2 is 1.76 bits per heavy atom. The molecule has 4 heteroatoms. The Bertz CT molecular complexity index is 706. The molecular weight excluding hydrogens is 307 g/mol. The zero-order valence-electron chi connectivity index (χ0n) is 11.7. The molecule has 0 aromatic heterocycles. The molecule has 0 atom stereocenters. The van der Waals surface area contributed by atoms with Crippen LogP contribution >= 0.6 is 23.2 Å². The first-order chi connectivity index (χ1) is 9.95. The quantitative estimate of drug-likeness (QED) is 0.439. The fraction of sp³-hybridized carbons (Fsp3) is 0.118. The summed E-state index contributed by atoms with van der Waals surface area (Å²) in [6, 6.07) is 10.7. The average molecular weight is 321 g/mol. The predicted octanol–water partition coefficient (Wildman–Crippen LogP) is 5.23. The van der Waals surface area contributed by atoms with E-state index in [1.54, 1.807) is 30.3 Å². The van der Waals surface area contributed by atoms with Crippen molar-refractivity contribution in [2.45, 2.75) is 13.8 Å². The third kappa shape index (κ3) is 4.35. The maximum absolute atomic E-state index is 11.8. The lowest BCUT2D eigenvalue weighted by atomic mass is 10.1. The van der Waals surface area contributed by atoms with Crippen LogP contribution in [0.4, 0.5) is 0 Å². The molecule has 0 aliphatic rings. The Hall–Kier alpha value is -1.77. The van der Waals surface area contributed by atoms with Gasteiger partial charge in [-0.05, 0) is 60.9 Å². The molecule has 0 N–H and O–H groups in total. The van der Waals surface area contributed by atoms with Gasteiger partial charge in [-0.25, -0.2) is 4.79 Å². The van der Waals surface area contributed by atoms with Crippen LogP contribution in [-0.4, -0.2) is 5.97 Å². The molecule has 0 unspecified atom stereocenters. The summed E-state index contributed by atoms with van der Waals surface area (Å²) in [5.41, 5.74) is 3.01. The molecule has 2 rings (SSSR count). The van der Waals surface area contributed by atoms with E-state index in [2.05, 4.69) is 0 Å². The monoisotopic (exact) mass is 320 g/mol. The molecule has 0 aliphatic carbocycles. The van der Waals surface area contributed by atoms with Crippen molar-refractivity contribution >= 4 is 35.2 Å². The van der Waals surface area contributed by atoms with Gasteiger partial charge in [0.15, 0.2) is 0 Å². The summed E-state index contributed by atoms with van der Waals surface area (Å²) in [5.74, 6) is 0.0891. The number of benzene rings is 2. The van der Waals surface area contributed by atoms with E-state index in [4.69, 9.17) is 27.9 Å². The van der Waals surface area contributed by atoms with Gasteiger partial charge < -0.3 is 4.74 Å². The number of rotatable bonds is 3. The van der Waals surface area contributed by atoms with Crippen LogP contribution in [0.2, 0.25) is 10.0 Å². The third-order valence-electron chi connectivity index (χ3n) is 3.05. The van der Waals surface area contributed by atoms with Gasteiger partial charge >= 0.3 is 5.97 Å². The molecule has 0 heterocycles. The molecule has 0 aliphatic heterocycles. The van der Waals surface area contributed by atoms with Crippen molar-refractivity contribution in [2.24, 2.45) is 0 Å². The van der Waals surface area contributed by atoms with Gasteiger partial charge in [0.1, 0.15) is 5.75 Å². The summed E-state index contributed by atoms with van der Waals surface area (Å²) in [5, 5.41) is 0.924. The normalized spacial score (nSPS) is 10.9. The van der Waals surface area contributed by atoms with E-state index < -0.39 is 5.97 Å². The molecule has 0 radical (unpaired) electrons. The number of ether oxygens (including phenoxy) is 1. The SMILES string of the molecule is Cc1ccc(OC(=O)/C=C/c2ccc(Cl)c(Cl)c2)cc1C. The number of carbonyl (C=O) groups excluding carboxylic acids is 1. The highest BCUT2D eigenvalue weighted by Crippen LogP contribution is 2.23. The maximum Gasteiger partial charge on any atom is 0.336 e. The van der Waals surface area contributed by atoms with E-state index in [0.717, 1.165) is 16.7 Å². The number of hydrogen-bond donors (Lipinski definition) is 0. The van der Waals surface area contributed by atoms with Crippen LogP contribution in [0.25, 0.3) is 6.08 Å². The van der Waals surface area contributed by atoms with Crippen LogP contribution < -0.4 is 4.74 Å². The van der Waals surface area contributed by atoms with Crippen molar-refractivity contribution in [3.63, 3.8) is 0 Å². The van der Waals surface area contributed by atoms with Crippen molar-refractivity contribution in [1.29, 1.82) is 0 Å². The summed E-state index contributed by atoms with van der Waals surface area (Å²) in [6.07, 6.45) is 2.99. The lowest BCUT2D eigenvalue weighted by Crippen LogP contribution is -2.03. The van der Waals surface area contributed by atoms with Crippen LogP contribution in [-0.2, 0) is 4.79 Å². The second-order valence-corrected chi connectivity index (χ2v) is 5.49. The van der Waals surface area contributed by atoms with Crippen LogP contribution in [0.15, 0.2) is 42.5 Å². The fourth-order valence-electron chi connectivity index (χ4n) is 1.71. The minimum absolute atomic E-state index is 0.440. The maximum atomic E-state index is 11.8. The first-order valence-electron chi connectivity index (χ1n) is 6.38. The molecule has 0 saturated heterocycles. The van der Waals surface area contributed by atoms with Gasteiger partial charge in [-0.15, -0.1) is 0 Å². The Morgan fingerprint density at radius 3 is 2.43 bits per heavy atom. The van der Waals surface area contributed by atoms with Crippen molar-refractivity contribution < 1.29 is 9.53 Å². The second-order valence-electron chi connectivity index (χ2n) is 4.67. The first kappa shape index (κ1) is 15.6. The number of esters is 1. The zero-order chi connectivity index (χ0) is 15.4. The minimum Gasteiger partial charge on any atom is -0.423 e. The van der Waals surface area contributed by atoms with Gasteiger partial charge in [-0.1, -0.05) is 35.3 Å². The Morgan fingerprint density at radius 1 is 1.00 bits per heavy atom. The summed E-state index contributed by atoms with van der Waals surface area (Å²) in [4.78, 5) is 11.8. The summed E-state index contributed by atoms with van der Waals surface area (Å²) >= 11 is 11.7. The van der Waals surface area contributed by atoms with Crippen molar-refractivity contribution in [2.75, 3.05) is 0 Å². The van der Waals surface area contributed by atoms with Gasteiger partial charge in [-0.3, -0.25) is 0 Å². The topological polar surface area (TPSA) is 26.3 Å². The highest BCUT2D eigenvalue weighted by atomic mass is 35.5. The largest absolute Gasteiger partial charge is 0.423 e. The highest BCUT2D eigenvalue weighted by Gasteiger charge is 2.03. The number of hydrogen-bond acceptors (Lipinski definition) is 2. The standard InChI is InChI=1S/C17H14Cl2O2/c1-11-3-6-14(9-12(11)2)21-17(20)8-5-13-4-7-15(18)16(19)10-13/h3-10H,1-2H3/b8-5+. The smallest absolute Gasteiger partial charge is 0.336 e. The van der Waals surface area contributed by atoms with Gasteiger partial charge in [0, 0.05) is 6.08 Å². The Kier molecular flexibility index (Phi) is 5.05. The van der Waals surface area contributed by atoms with E-state index in [0.29, 0.717) is 15.8 Å². The summed E-state index contributed by atoms with van der Waals surface area (Å²) in [6.45, 7) is 3.98. The van der Waals surface area contributed by atoms with Gasteiger partial charge in [0.2, 0.25) is 0 Å². The number of carbonyl (C=O) groups is 1. The predicted molar refractivity (Wildman–Crippen MR) is 87.0 cm³/mol. The average Bonchev–Trinajstić information content (AvgIpc) is 2.44. The second kappa shape index (κ2) is 6.79. The Balaban J connectivity index is 2.05. The van der Waals surface area contributed by atoms with Crippen molar-refractivity contribution in [3.8, 4) is 5.75 Å². The molecule has 0 fully saturated rings. The molecule has 0 amide bonds. The number of aryl methyl sites for hydroxylation is 2. The van der Waals surface area contributed by atoms with Crippen LogP contribution in [0.1, 0.15) is 16.7 Å². The lowest BCUT2D eigenvalue weighted by Gasteiger charge is -2.04. The minimum atomic E-state index is -0.440. The molecule has 108 valence electrons. The highest BCUT2D eigenvalue weighted by molar-refractivity contribution is 6.42. The van der Waals surface area contributed by atoms with E-state index in [1.165, 1.54) is 6.08 Å². The van der Waals surface area contributed by atoms with Crippen molar-refractivity contribution in [3.05, 3.63) is 69.2 Å². The van der Waals surface area contributed by atoms with Gasteiger partial charge in [0.25, 0.3) is 0 Å². The third-order valence-corrected chi connectivity index (χ3v) is 3.79. The molecule has 0 saturated carbocycles. The summed E-state index contributed by atoms with van der Waals surface area (Å²) in [7, 11) is 0. The molecule has 2 aromatic rings. The molecule has 2 nitrogen and oxygen atoms in total. The molecule has 0 spiro atoms. The molecular formula is C17H14Cl2O2. The Labute approximate surface area is 134 Å². The summed E-state index contributed by atoms with van der Waals surface area (Å²) < 4.78 is 5.24. The first-order valence-corrected chi connectivity index (χ1v) is 7.13. The van der Waals surface area contributed by atoms with Crippen LogP contribution in [0, 0.1) is 13.8 Å². The van der Waals surface area contributed by atoms with Gasteiger partial charge in [0.05, 0.1) is 10.0 Å². The van der Waals surface area contributed by atoms with Crippen molar-refractivity contribution in [1.82, 2.24) is 0 Å². The van der Waals surface area contributed by atoms with E-state index in [9.17, 15) is 4.79 Å². The molecule has 0 bridgehead atoms. The van der Waals surface area contributed by atoms with E-state index in [-0.39, 0.29) is 0 Å². The zero-order valence-corrected chi connectivity index (χ0v) is 13.2. The molecule has 2 aromatic carbocycles. The van der Waals surface area contributed by atoms with E-state index >= 15 is 0 Å². The fourth-order valence-corrected chi connectivity index (χ4v) is 2.01. The van der Waals surface area contributed by atoms with E-state index in [1.807, 2.05) is 26.0 Å². The van der Waals surface area contributed by atoms with Gasteiger partial charge in [-0.2, -0.15) is 0 Å². The van der Waals surface area contributed by atoms with Crippen LogP contribution in [0.3, 0.4) is 0 Å². The number of halogens is 2. The van der Waals surface area contributed by atoms with Crippen LogP contribution in [0.5, 0.6) is 5.75 Å².